The van der Waals surface area contributed by atoms with Gasteiger partial charge in [-0.15, -0.1) is 11.3 Å². The summed E-state index contributed by atoms with van der Waals surface area (Å²) >= 11 is 1.45. The number of hydrogen-bond donors (Lipinski definition) is 2. The third kappa shape index (κ3) is 5.32. The molecule has 0 radical (unpaired) electrons. The van der Waals surface area contributed by atoms with Crippen molar-refractivity contribution in [2.45, 2.75) is 50.9 Å². The van der Waals surface area contributed by atoms with Crippen LogP contribution in [-0.2, 0) is 9.59 Å². The molecule has 0 saturated heterocycles. The molecule has 1 heterocycles. The van der Waals surface area contributed by atoms with Gasteiger partial charge in [0.05, 0.1) is 10.2 Å². The van der Waals surface area contributed by atoms with Crippen molar-refractivity contribution >= 4 is 33.5 Å². The van der Waals surface area contributed by atoms with E-state index in [4.69, 9.17) is 5.11 Å². The largest absolute Gasteiger partial charge is 0.481 e. The standard InChI is InChI=1S/C17H21NO4S/c19-15(20)11-5-3-1-2-4-8-12(17(21)22)16-18-13-9-6-7-10-14(13)23-16/h6-7,9-10,12H,1-5,8,11H2,(H,19,20)(H,21,22). The third-order valence-electron chi connectivity index (χ3n) is 3.79. The molecule has 1 aromatic heterocycles. The zero-order valence-corrected chi connectivity index (χ0v) is 13.7. The average molecular weight is 335 g/mol. The second kappa shape index (κ2) is 8.62. The molecule has 23 heavy (non-hydrogen) atoms. The van der Waals surface area contributed by atoms with Gasteiger partial charge in [-0.05, 0) is 25.0 Å². The minimum Gasteiger partial charge on any atom is -0.481 e. The summed E-state index contributed by atoms with van der Waals surface area (Å²) in [6, 6.07) is 7.68. The van der Waals surface area contributed by atoms with Crippen LogP contribution in [-0.4, -0.2) is 27.1 Å². The topological polar surface area (TPSA) is 87.5 Å². The Morgan fingerprint density at radius 1 is 1.04 bits per heavy atom. The van der Waals surface area contributed by atoms with E-state index in [0.717, 1.165) is 35.9 Å². The van der Waals surface area contributed by atoms with E-state index in [0.29, 0.717) is 17.8 Å². The van der Waals surface area contributed by atoms with Gasteiger partial charge in [-0.1, -0.05) is 37.8 Å². The maximum atomic E-state index is 11.5. The van der Waals surface area contributed by atoms with Gasteiger partial charge in [0.2, 0.25) is 0 Å². The Morgan fingerprint density at radius 3 is 2.43 bits per heavy atom. The number of benzene rings is 1. The first kappa shape index (κ1) is 17.4. The number of nitrogens with zero attached hydrogens (tertiary/aromatic N) is 1. The molecule has 5 nitrogen and oxygen atoms in total. The maximum Gasteiger partial charge on any atom is 0.313 e. The Morgan fingerprint density at radius 2 is 1.74 bits per heavy atom. The number of thiazole rings is 1. The van der Waals surface area contributed by atoms with Crippen molar-refractivity contribution in [3.63, 3.8) is 0 Å². The Bertz CT molecular complexity index is 634. The number of aliphatic carboxylic acids is 2. The third-order valence-corrected chi connectivity index (χ3v) is 4.94. The molecule has 0 aliphatic heterocycles. The highest BCUT2D eigenvalue weighted by Gasteiger charge is 2.23. The highest BCUT2D eigenvalue weighted by molar-refractivity contribution is 7.18. The summed E-state index contributed by atoms with van der Waals surface area (Å²) in [6.07, 6.45) is 5.05. The molecule has 0 spiro atoms. The molecule has 124 valence electrons. The molecule has 0 fully saturated rings. The molecule has 6 heteroatoms. The van der Waals surface area contributed by atoms with E-state index < -0.39 is 17.9 Å². The van der Waals surface area contributed by atoms with Gasteiger partial charge in [-0.25, -0.2) is 4.98 Å². The van der Waals surface area contributed by atoms with Crippen LogP contribution in [0.5, 0.6) is 0 Å². The molecular formula is C17H21NO4S. The number of rotatable bonds is 10. The number of unbranched alkanes of at least 4 members (excludes halogenated alkanes) is 4. The van der Waals surface area contributed by atoms with Crippen LogP contribution >= 0.6 is 11.3 Å². The van der Waals surface area contributed by atoms with E-state index in [1.165, 1.54) is 11.3 Å². The van der Waals surface area contributed by atoms with Crippen LogP contribution < -0.4 is 0 Å². The van der Waals surface area contributed by atoms with Gasteiger partial charge in [-0.3, -0.25) is 9.59 Å². The van der Waals surface area contributed by atoms with Crippen molar-refractivity contribution in [2.24, 2.45) is 0 Å². The molecular weight excluding hydrogens is 314 g/mol. The SMILES string of the molecule is O=C(O)CCCCCCCC(C(=O)O)c1nc2ccccc2s1. The molecule has 1 atom stereocenters. The van der Waals surface area contributed by atoms with Crippen molar-refractivity contribution in [3.05, 3.63) is 29.3 Å². The zero-order chi connectivity index (χ0) is 16.7. The van der Waals surface area contributed by atoms with Gasteiger partial charge < -0.3 is 10.2 Å². The zero-order valence-electron chi connectivity index (χ0n) is 12.9. The molecule has 2 N–H and O–H groups in total. The fraction of sp³-hybridized carbons (Fsp3) is 0.471. The molecule has 0 aliphatic rings. The number of aromatic nitrogens is 1. The van der Waals surface area contributed by atoms with Crippen molar-refractivity contribution < 1.29 is 19.8 Å². The van der Waals surface area contributed by atoms with Crippen LogP contribution in [0.15, 0.2) is 24.3 Å². The average Bonchev–Trinajstić information content (AvgIpc) is 2.92. The summed E-state index contributed by atoms with van der Waals surface area (Å²) in [5.74, 6) is -2.13. The lowest BCUT2D eigenvalue weighted by molar-refractivity contribution is -0.139. The number of carbonyl (C=O) groups is 2. The van der Waals surface area contributed by atoms with E-state index in [9.17, 15) is 14.7 Å². The number of para-hydroxylation sites is 1. The lowest BCUT2D eigenvalue weighted by Crippen LogP contribution is -2.11. The summed E-state index contributed by atoms with van der Waals surface area (Å²) in [5, 5.41) is 18.7. The first-order valence-electron chi connectivity index (χ1n) is 7.88. The molecule has 0 saturated carbocycles. The Labute approximate surface area is 139 Å². The fourth-order valence-corrected chi connectivity index (χ4v) is 3.64. The quantitative estimate of drug-likeness (QED) is 0.633. The summed E-state index contributed by atoms with van der Waals surface area (Å²) in [7, 11) is 0. The summed E-state index contributed by atoms with van der Waals surface area (Å²) in [4.78, 5) is 26.4. The smallest absolute Gasteiger partial charge is 0.313 e. The van der Waals surface area contributed by atoms with Crippen LogP contribution in [0.3, 0.4) is 0 Å². The number of carboxylic acids is 2. The van der Waals surface area contributed by atoms with Gasteiger partial charge in [-0.2, -0.15) is 0 Å². The lowest BCUT2D eigenvalue weighted by atomic mass is 10.0. The van der Waals surface area contributed by atoms with Crippen molar-refractivity contribution in [3.8, 4) is 0 Å². The van der Waals surface area contributed by atoms with E-state index in [1.54, 1.807) is 0 Å². The fourth-order valence-electron chi connectivity index (χ4n) is 2.55. The summed E-state index contributed by atoms with van der Waals surface area (Å²) < 4.78 is 1.02. The molecule has 0 bridgehead atoms. The first-order chi connectivity index (χ1) is 11.1. The van der Waals surface area contributed by atoms with Crippen LogP contribution in [0.25, 0.3) is 10.2 Å². The second-order valence-corrected chi connectivity index (χ2v) is 6.67. The lowest BCUT2D eigenvalue weighted by Gasteiger charge is -2.08. The number of carboxylic acid groups (broad SMARTS) is 2. The highest BCUT2D eigenvalue weighted by Crippen LogP contribution is 2.30. The van der Waals surface area contributed by atoms with Crippen LogP contribution in [0.2, 0.25) is 0 Å². The molecule has 2 aromatic rings. The van der Waals surface area contributed by atoms with Crippen molar-refractivity contribution in [1.29, 1.82) is 0 Å². The molecule has 0 amide bonds. The highest BCUT2D eigenvalue weighted by atomic mass is 32.1. The maximum absolute atomic E-state index is 11.5. The number of fused-ring (bicyclic) bond motifs is 1. The van der Waals surface area contributed by atoms with E-state index >= 15 is 0 Å². The Hall–Kier alpha value is -1.95. The first-order valence-corrected chi connectivity index (χ1v) is 8.69. The minimum absolute atomic E-state index is 0.212. The van der Waals surface area contributed by atoms with E-state index in [-0.39, 0.29) is 6.42 Å². The van der Waals surface area contributed by atoms with Crippen LogP contribution in [0.4, 0.5) is 0 Å². The Balaban J connectivity index is 1.82. The predicted molar refractivity (Wildman–Crippen MR) is 90.0 cm³/mol. The molecule has 1 aromatic carbocycles. The second-order valence-electron chi connectivity index (χ2n) is 5.61. The van der Waals surface area contributed by atoms with E-state index in [2.05, 4.69) is 4.98 Å². The predicted octanol–water partition coefficient (Wildman–Crippen LogP) is 4.28. The summed E-state index contributed by atoms with van der Waals surface area (Å²) in [6.45, 7) is 0. The minimum atomic E-state index is -0.824. The van der Waals surface area contributed by atoms with Gasteiger partial charge >= 0.3 is 11.9 Å². The van der Waals surface area contributed by atoms with Gasteiger partial charge in [0.25, 0.3) is 0 Å². The Kier molecular flexibility index (Phi) is 6.52. The van der Waals surface area contributed by atoms with Crippen LogP contribution in [0, 0.1) is 0 Å². The molecule has 0 aliphatic carbocycles. The van der Waals surface area contributed by atoms with Gasteiger partial charge in [0.15, 0.2) is 0 Å². The normalized spacial score (nSPS) is 12.3. The molecule has 2 rings (SSSR count). The molecule has 1 unspecified atom stereocenters. The van der Waals surface area contributed by atoms with Gasteiger partial charge in [0, 0.05) is 6.42 Å². The van der Waals surface area contributed by atoms with Crippen LogP contribution in [0.1, 0.15) is 55.9 Å². The van der Waals surface area contributed by atoms with E-state index in [1.807, 2.05) is 24.3 Å². The van der Waals surface area contributed by atoms with Crippen molar-refractivity contribution in [1.82, 2.24) is 4.98 Å². The number of hydrogen-bond acceptors (Lipinski definition) is 4. The summed E-state index contributed by atoms with van der Waals surface area (Å²) in [5.41, 5.74) is 0.854. The van der Waals surface area contributed by atoms with Crippen molar-refractivity contribution in [2.75, 3.05) is 0 Å². The monoisotopic (exact) mass is 335 g/mol. The van der Waals surface area contributed by atoms with Gasteiger partial charge in [0.1, 0.15) is 10.9 Å².